The van der Waals surface area contributed by atoms with E-state index in [2.05, 4.69) is 0 Å². The summed E-state index contributed by atoms with van der Waals surface area (Å²) >= 11 is 5.90. The highest BCUT2D eigenvalue weighted by Gasteiger charge is 2.49. The normalized spacial score (nSPS) is 22.1. The first-order valence-corrected chi connectivity index (χ1v) is 4.98. The molecule has 78 valence electrons. The van der Waals surface area contributed by atoms with Crippen LogP contribution < -0.4 is 0 Å². The fourth-order valence-electron chi connectivity index (χ4n) is 1.57. The lowest BCUT2D eigenvalue weighted by Gasteiger charge is -2.21. The van der Waals surface area contributed by atoms with E-state index in [-0.39, 0.29) is 22.0 Å². The van der Waals surface area contributed by atoms with E-state index in [9.17, 15) is 9.59 Å². The van der Waals surface area contributed by atoms with Gasteiger partial charge in [-0.15, -0.1) is 0 Å². The van der Waals surface area contributed by atoms with E-state index in [1.165, 1.54) is 0 Å². The molecule has 0 radical (unpaired) electrons. The highest BCUT2D eigenvalue weighted by Crippen LogP contribution is 2.44. The summed E-state index contributed by atoms with van der Waals surface area (Å²) in [5, 5.41) is 0.118. The van der Waals surface area contributed by atoms with Gasteiger partial charge in [0.05, 0.1) is 10.4 Å². The molecule has 0 amide bonds. The fourth-order valence-corrected chi connectivity index (χ4v) is 2.18. The Morgan fingerprint density at radius 2 is 1.50 bits per heavy atom. The maximum atomic E-state index is 11.9. The predicted molar refractivity (Wildman–Crippen MR) is 56.1 cm³/mol. The molecule has 0 spiro atoms. The third-order valence-electron chi connectivity index (χ3n) is 2.53. The van der Waals surface area contributed by atoms with Crippen LogP contribution in [0.25, 0.3) is 0 Å². The number of hydrogen-bond donors (Lipinski definition) is 0. The van der Waals surface area contributed by atoms with Gasteiger partial charge in [0.2, 0.25) is 0 Å². The third kappa shape index (κ3) is 1.42. The van der Waals surface area contributed by atoms with E-state index in [1.54, 1.807) is 13.8 Å². The van der Waals surface area contributed by atoms with Crippen LogP contribution in [0.1, 0.15) is 34.6 Å². The smallest absolute Gasteiger partial charge is 0.187 e. The molecular formula is C11H15ClO2. The van der Waals surface area contributed by atoms with Crippen molar-refractivity contribution in [2.75, 3.05) is 0 Å². The molecule has 0 aromatic heterocycles. The number of ketones is 2. The van der Waals surface area contributed by atoms with Crippen LogP contribution in [-0.4, -0.2) is 11.6 Å². The van der Waals surface area contributed by atoms with Crippen molar-refractivity contribution in [2.45, 2.75) is 34.6 Å². The lowest BCUT2D eigenvalue weighted by atomic mass is 9.79. The van der Waals surface area contributed by atoms with Crippen molar-refractivity contribution in [1.29, 1.82) is 0 Å². The Labute approximate surface area is 89.3 Å². The number of carbonyl (C=O) groups is 2. The first kappa shape index (κ1) is 11.4. The van der Waals surface area contributed by atoms with Crippen molar-refractivity contribution in [3.05, 3.63) is 10.6 Å². The van der Waals surface area contributed by atoms with Crippen LogP contribution in [-0.2, 0) is 9.59 Å². The Hall–Kier alpha value is -0.630. The number of hydrogen-bond acceptors (Lipinski definition) is 2. The second kappa shape index (κ2) is 2.93. The van der Waals surface area contributed by atoms with Gasteiger partial charge < -0.3 is 0 Å². The van der Waals surface area contributed by atoms with Gasteiger partial charge in [-0.2, -0.15) is 0 Å². The van der Waals surface area contributed by atoms with Crippen molar-refractivity contribution in [2.24, 2.45) is 10.8 Å². The van der Waals surface area contributed by atoms with Gasteiger partial charge in [0, 0.05) is 5.57 Å². The number of Topliss-reactive ketones (excluding diaryl/α,β-unsaturated/α-hetero) is 2. The topological polar surface area (TPSA) is 34.1 Å². The molecule has 2 nitrogen and oxygen atoms in total. The highest BCUT2D eigenvalue weighted by molar-refractivity contribution is 6.50. The summed E-state index contributed by atoms with van der Waals surface area (Å²) in [5.74, 6) is -0.394. The minimum absolute atomic E-state index is 0.118. The van der Waals surface area contributed by atoms with Gasteiger partial charge in [-0.05, 0) is 19.3 Å². The van der Waals surface area contributed by atoms with E-state index < -0.39 is 5.41 Å². The van der Waals surface area contributed by atoms with E-state index in [1.807, 2.05) is 20.8 Å². The van der Waals surface area contributed by atoms with E-state index in [0.717, 1.165) is 0 Å². The molecule has 0 bridgehead atoms. The molecule has 1 aliphatic rings. The number of carbonyl (C=O) groups excluding carboxylic acids is 2. The Morgan fingerprint density at radius 1 is 1.07 bits per heavy atom. The van der Waals surface area contributed by atoms with Crippen molar-refractivity contribution in [3.63, 3.8) is 0 Å². The molecule has 0 unspecified atom stereocenters. The first-order valence-electron chi connectivity index (χ1n) is 4.60. The number of rotatable bonds is 0. The second-order valence-electron chi connectivity index (χ2n) is 5.22. The molecule has 0 aromatic carbocycles. The van der Waals surface area contributed by atoms with Gasteiger partial charge in [0.15, 0.2) is 11.6 Å². The average Bonchev–Trinajstić information content (AvgIpc) is 2.12. The summed E-state index contributed by atoms with van der Waals surface area (Å²) in [6.45, 7) is 8.91. The van der Waals surface area contributed by atoms with Crippen LogP contribution in [0.2, 0.25) is 0 Å². The standard InChI is InChI=1S/C11H15ClO2/c1-10(2,3)6-7(12)9(14)11(4,5)8(6)13/h1-5H3. The first-order chi connectivity index (χ1) is 6.10. The zero-order valence-corrected chi connectivity index (χ0v) is 9.95. The summed E-state index contributed by atoms with van der Waals surface area (Å²) in [7, 11) is 0. The van der Waals surface area contributed by atoms with E-state index in [0.29, 0.717) is 5.57 Å². The molecule has 1 aliphatic carbocycles. The van der Waals surface area contributed by atoms with Gasteiger partial charge in [0.1, 0.15) is 0 Å². The van der Waals surface area contributed by atoms with Crippen LogP contribution in [0.4, 0.5) is 0 Å². The quantitative estimate of drug-likeness (QED) is 0.581. The van der Waals surface area contributed by atoms with E-state index >= 15 is 0 Å². The Kier molecular flexibility index (Phi) is 2.39. The minimum atomic E-state index is -0.973. The van der Waals surface area contributed by atoms with E-state index in [4.69, 9.17) is 11.6 Å². The Morgan fingerprint density at radius 3 is 1.64 bits per heavy atom. The second-order valence-corrected chi connectivity index (χ2v) is 5.60. The molecule has 1 rings (SSSR count). The lowest BCUT2D eigenvalue weighted by Crippen LogP contribution is -2.29. The maximum Gasteiger partial charge on any atom is 0.187 e. The number of halogens is 1. The van der Waals surface area contributed by atoms with Gasteiger partial charge in [-0.25, -0.2) is 0 Å². The predicted octanol–water partition coefficient (Wildman–Crippen LogP) is 2.70. The average molecular weight is 215 g/mol. The molecule has 0 atom stereocenters. The van der Waals surface area contributed by atoms with Crippen molar-refractivity contribution in [3.8, 4) is 0 Å². The monoisotopic (exact) mass is 214 g/mol. The summed E-state index contributed by atoms with van der Waals surface area (Å²) in [5.41, 5.74) is -0.869. The van der Waals surface area contributed by atoms with Crippen LogP contribution in [0.5, 0.6) is 0 Å². The summed E-state index contributed by atoms with van der Waals surface area (Å²) in [4.78, 5) is 23.6. The molecule has 0 aromatic rings. The molecule has 0 saturated carbocycles. The molecular weight excluding hydrogens is 200 g/mol. The highest BCUT2D eigenvalue weighted by atomic mass is 35.5. The number of allylic oxidation sites excluding steroid dienone is 2. The Bertz CT molecular complexity index is 343. The molecule has 0 N–H and O–H groups in total. The van der Waals surface area contributed by atoms with Gasteiger partial charge in [-0.1, -0.05) is 32.4 Å². The van der Waals surface area contributed by atoms with Crippen LogP contribution in [0.15, 0.2) is 10.6 Å². The zero-order chi connectivity index (χ0) is 11.3. The molecule has 14 heavy (non-hydrogen) atoms. The fraction of sp³-hybridized carbons (Fsp3) is 0.636. The van der Waals surface area contributed by atoms with Crippen molar-refractivity contribution < 1.29 is 9.59 Å². The molecule has 0 heterocycles. The largest absolute Gasteiger partial charge is 0.293 e. The van der Waals surface area contributed by atoms with Crippen LogP contribution in [0, 0.1) is 10.8 Å². The zero-order valence-electron chi connectivity index (χ0n) is 9.19. The summed E-state index contributed by atoms with van der Waals surface area (Å²) in [6.07, 6.45) is 0. The Balaban J connectivity index is 3.35. The summed E-state index contributed by atoms with van der Waals surface area (Å²) in [6, 6.07) is 0. The third-order valence-corrected chi connectivity index (χ3v) is 2.89. The van der Waals surface area contributed by atoms with Crippen LogP contribution in [0.3, 0.4) is 0 Å². The van der Waals surface area contributed by atoms with Gasteiger partial charge in [-0.3, -0.25) is 9.59 Å². The van der Waals surface area contributed by atoms with Gasteiger partial charge in [0.25, 0.3) is 0 Å². The molecule has 3 heteroatoms. The molecule has 0 fully saturated rings. The molecule has 0 saturated heterocycles. The summed E-state index contributed by atoms with van der Waals surface area (Å²) < 4.78 is 0. The van der Waals surface area contributed by atoms with Crippen molar-refractivity contribution >= 4 is 23.2 Å². The van der Waals surface area contributed by atoms with Gasteiger partial charge >= 0.3 is 0 Å². The van der Waals surface area contributed by atoms with Crippen molar-refractivity contribution in [1.82, 2.24) is 0 Å². The maximum absolute atomic E-state index is 11.9. The SMILES string of the molecule is CC(C)(C)C1=C(Cl)C(=O)C(C)(C)C1=O. The van der Waals surface area contributed by atoms with Crippen LogP contribution >= 0.6 is 11.6 Å². The lowest BCUT2D eigenvalue weighted by molar-refractivity contribution is -0.132. The minimum Gasteiger partial charge on any atom is -0.293 e. The molecule has 0 aliphatic heterocycles.